The number of amides is 2. The van der Waals surface area contributed by atoms with Gasteiger partial charge >= 0.3 is 11.9 Å². The number of hydrogen-bond donors (Lipinski definition) is 1. The maximum absolute atomic E-state index is 13.5. The van der Waals surface area contributed by atoms with Crippen LogP contribution in [0.4, 0.5) is 0 Å². The number of benzene rings is 1. The molecular formula is C33H47N3O6S. The lowest BCUT2D eigenvalue weighted by Gasteiger charge is -2.38. The zero-order valence-electron chi connectivity index (χ0n) is 26.6. The minimum atomic E-state index is -0.706. The minimum absolute atomic E-state index is 0.107. The van der Waals surface area contributed by atoms with Crippen LogP contribution in [0.1, 0.15) is 100 Å². The van der Waals surface area contributed by atoms with Gasteiger partial charge in [0.05, 0.1) is 13.0 Å². The molecule has 2 amide bonds. The highest BCUT2D eigenvalue weighted by molar-refractivity contribution is 7.09. The fraction of sp³-hybridized carbons (Fsp3) is 0.606. The van der Waals surface area contributed by atoms with E-state index in [1.165, 1.54) is 25.4 Å². The largest absolute Gasteiger partial charge is 0.469 e. The van der Waals surface area contributed by atoms with Crippen molar-refractivity contribution >= 4 is 35.1 Å². The summed E-state index contributed by atoms with van der Waals surface area (Å²) in [7, 11) is 3.19. The lowest BCUT2D eigenvalue weighted by atomic mass is 9.85. The summed E-state index contributed by atoms with van der Waals surface area (Å²) in [5.41, 5.74) is 0.876. The van der Waals surface area contributed by atoms with Crippen molar-refractivity contribution in [2.75, 3.05) is 14.2 Å². The summed E-state index contributed by atoms with van der Waals surface area (Å²) in [6.07, 6.45) is 4.46. The molecule has 4 atom stereocenters. The summed E-state index contributed by atoms with van der Waals surface area (Å²) in [5.74, 6) is -1.34. The molecule has 1 N–H and O–H groups in total. The van der Waals surface area contributed by atoms with Gasteiger partial charge in [0.25, 0.3) is 5.91 Å². The number of hydrogen-bond acceptors (Lipinski definition) is 8. The zero-order valence-corrected chi connectivity index (χ0v) is 27.4. The van der Waals surface area contributed by atoms with Gasteiger partial charge in [-0.3, -0.25) is 19.2 Å². The molecule has 1 aromatic carbocycles. The SMILES string of the molecule is COC(=O)[C@@H](C)C[C@H](Cc1ccccc1)NC(=O)c1csc([C@@H](C[C@H](C(C)C)N(C)C(=O)C2(C)CCCC2)OC(C)=O)n1. The highest BCUT2D eigenvalue weighted by Gasteiger charge is 2.41. The molecule has 0 unspecified atom stereocenters. The van der Waals surface area contributed by atoms with Crippen molar-refractivity contribution in [2.24, 2.45) is 17.3 Å². The van der Waals surface area contributed by atoms with E-state index in [4.69, 9.17) is 9.47 Å². The third kappa shape index (κ3) is 9.36. The van der Waals surface area contributed by atoms with E-state index in [0.717, 1.165) is 31.2 Å². The van der Waals surface area contributed by atoms with Gasteiger partial charge in [-0.2, -0.15) is 0 Å². The van der Waals surface area contributed by atoms with E-state index < -0.39 is 18.0 Å². The first kappa shape index (κ1) is 34.2. The monoisotopic (exact) mass is 613 g/mol. The molecule has 10 heteroatoms. The Kier molecular flexibility index (Phi) is 12.3. The lowest BCUT2D eigenvalue weighted by Crippen LogP contribution is -2.47. The number of nitrogens with zero attached hydrogens (tertiary/aromatic N) is 2. The van der Waals surface area contributed by atoms with Crippen molar-refractivity contribution in [3.63, 3.8) is 0 Å². The van der Waals surface area contributed by atoms with E-state index in [0.29, 0.717) is 24.3 Å². The van der Waals surface area contributed by atoms with Gasteiger partial charge in [0, 0.05) is 43.3 Å². The number of carbonyl (C=O) groups excluding carboxylic acids is 4. The van der Waals surface area contributed by atoms with Crippen LogP contribution in [0.2, 0.25) is 0 Å². The molecule has 9 nitrogen and oxygen atoms in total. The molecule has 43 heavy (non-hydrogen) atoms. The Hall–Kier alpha value is -3.27. The van der Waals surface area contributed by atoms with Crippen LogP contribution < -0.4 is 5.32 Å². The third-order valence-electron chi connectivity index (χ3n) is 8.51. The molecule has 1 saturated carbocycles. The Morgan fingerprint density at radius 3 is 2.30 bits per heavy atom. The number of esters is 2. The van der Waals surface area contributed by atoms with Crippen LogP contribution in [0.15, 0.2) is 35.7 Å². The van der Waals surface area contributed by atoms with E-state index in [2.05, 4.69) is 24.1 Å². The molecule has 0 spiro atoms. The average molecular weight is 614 g/mol. The van der Waals surface area contributed by atoms with Gasteiger partial charge in [-0.25, -0.2) is 4.98 Å². The molecule has 0 saturated heterocycles. The number of aromatic nitrogens is 1. The number of thiazole rings is 1. The first-order valence-electron chi connectivity index (χ1n) is 15.2. The normalized spacial score (nSPS) is 17.0. The standard InChI is InChI=1S/C33H47N3O6S/c1-21(2)27(36(6)32(40)33(5)15-11-12-16-33)19-28(42-23(4)37)30-35-26(20-43-30)29(38)34-25(17-22(3)31(39)41-7)18-24-13-9-8-10-14-24/h8-10,13-14,20-22,25,27-28H,11-12,15-19H2,1-7H3,(H,34,38)/t22-,25+,27+,28+/m0/s1. The molecule has 1 fully saturated rings. The molecule has 1 aromatic heterocycles. The van der Waals surface area contributed by atoms with Crippen molar-refractivity contribution in [3.05, 3.63) is 52.0 Å². The van der Waals surface area contributed by atoms with Crippen molar-refractivity contribution in [2.45, 2.75) is 97.8 Å². The molecule has 0 radical (unpaired) electrons. The van der Waals surface area contributed by atoms with Gasteiger partial charge in [0.1, 0.15) is 10.7 Å². The first-order chi connectivity index (χ1) is 20.3. The second kappa shape index (κ2) is 15.5. The number of methoxy groups -OCH3 is 1. The van der Waals surface area contributed by atoms with E-state index >= 15 is 0 Å². The van der Waals surface area contributed by atoms with Crippen molar-refractivity contribution in [3.8, 4) is 0 Å². The van der Waals surface area contributed by atoms with Crippen LogP contribution >= 0.6 is 11.3 Å². The van der Waals surface area contributed by atoms with Crippen LogP contribution in [-0.4, -0.2) is 59.9 Å². The van der Waals surface area contributed by atoms with Gasteiger partial charge in [-0.1, -0.05) is 70.9 Å². The molecule has 1 heterocycles. The fourth-order valence-electron chi connectivity index (χ4n) is 6.06. The average Bonchev–Trinajstić information content (AvgIpc) is 3.64. The second-order valence-electron chi connectivity index (χ2n) is 12.4. The Balaban J connectivity index is 1.79. The molecule has 0 bridgehead atoms. The van der Waals surface area contributed by atoms with E-state index in [1.54, 1.807) is 12.3 Å². The Labute approximate surface area is 259 Å². The highest BCUT2D eigenvalue weighted by atomic mass is 32.1. The van der Waals surface area contributed by atoms with Crippen LogP contribution in [-0.2, 0) is 30.3 Å². The Morgan fingerprint density at radius 2 is 1.72 bits per heavy atom. The second-order valence-corrected chi connectivity index (χ2v) is 13.3. The Bertz CT molecular complexity index is 1240. The van der Waals surface area contributed by atoms with Crippen LogP contribution in [0.5, 0.6) is 0 Å². The van der Waals surface area contributed by atoms with Gasteiger partial charge in [-0.05, 0) is 37.2 Å². The summed E-state index contributed by atoms with van der Waals surface area (Å²) in [6.45, 7) is 9.28. The maximum Gasteiger partial charge on any atom is 0.308 e. The topological polar surface area (TPSA) is 115 Å². The molecule has 3 rings (SSSR count). The van der Waals surface area contributed by atoms with Crippen LogP contribution in [0.3, 0.4) is 0 Å². The molecule has 1 aliphatic carbocycles. The van der Waals surface area contributed by atoms with Gasteiger partial charge in [-0.15, -0.1) is 11.3 Å². The summed E-state index contributed by atoms with van der Waals surface area (Å²) < 4.78 is 10.6. The summed E-state index contributed by atoms with van der Waals surface area (Å²) in [4.78, 5) is 57.6. The first-order valence-corrected chi connectivity index (χ1v) is 16.0. The Morgan fingerprint density at radius 1 is 1.07 bits per heavy atom. The molecule has 0 aliphatic heterocycles. The van der Waals surface area contributed by atoms with E-state index in [1.807, 2.05) is 49.2 Å². The number of carbonyl (C=O) groups is 4. The molecule has 2 aromatic rings. The van der Waals surface area contributed by atoms with Crippen molar-refractivity contribution in [1.82, 2.24) is 15.2 Å². The maximum atomic E-state index is 13.5. The van der Waals surface area contributed by atoms with E-state index in [9.17, 15) is 19.2 Å². The molecule has 1 aliphatic rings. The lowest BCUT2D eigenvalue weighted by molar-refractivity contribution is -0.150. The van der Waals surface area contributed by atoms with E-state index in [-0.39, 0.29) is 46.9 Å². The molecular weight excluding hydrogens is 566 g/mol. The number of nitrogens with one attached hydrogen (secondary N) is 1. The fourth-order valence-corrected chi connectivity index (χ4v) is 6.90. The summed E-state index contributed by atoms with van der Waals surface area (Å²) >= 11 is 1.25. The highest BCUT2D eigenvalue weighted by Crippen LogP contribution is 2.40. The predicted octanol–water partition coefficient (Wildman–Crippen LogP) is 5.74. The van der Waals surface area contributed by atoms with Crippen LogP contribution in [0, 0.1) is 17.3 Å². The third-order valence-corrected chi connectivity index (χ3v) is 9.44. The number of ether oxygens (including phenoxy) is 2. The van der Waals surface area contributed by atoms with Crippen molar-refractivity contribution in [1.29, 1.82) is 0 Å². The van der Waals surface area contributed by atoms with Gasteiger partial charge in [0.15, 0.2) is 6.10 Å². The minimum Gasteiger partial charge on any atom is -0.469 e. The van der Waals surface area contributed by atoms with Gasteiger partial charge in [0.2, 0.25) is 5.91 Å². The van der Waals surface area contributed by atoms with Gasteiger partial charge < -0.3 is 19.7 Å². The number of rotatable bonds is 14. The zero-order chi connectivity index (χ0) is 31.7. The molecule has 236 valence electrons. The quantitative estimate of drug-likeness (QED) is 0.270. The summed E-state index contributed by atoms with van der Waals surface area (Å²) in [5, 5.41) is 5.21. The summed E-state index contributed by atoms with van der Waals surface area (Å²) in [6, 6.07) is 9.23. The van der Waals surface area contributed by atoms with Crippen molar-refractivity contribution < 1.29 is 28.7 Å². The van der Waals surface area contributed by atoms with Crippen LogP contribution in [0.25, 0.3) is 0 Å². The predicted molar refractivity (Wildman–Crippen MR) is 166 cm³/mol. The smallest absolute Gasteiger partial charge is 0.308 e.